The van der Waals surface area contributed by atoms with Crippen LogP contribution in [0.1, 0.15) is 0 Å². The SMILES string of the molecule is c1ccc(-c2ccc3ccccc3c2)c(-c2ccc(N(c3ccc(-c4cccc5ccccc45)cc3)c3ccccc3-c3cccc4c3sc3ccccc34)cc2)c1. The van der Waals surface area contributed by atoms with Crippen LogP contribution in [0.3, 0.4) is 0 Å². The van der Waals surface area contributed by atoms with Crippen molar-refractivity contribution < 1.29 is 0 Å². The van der Waals surface area contributed by atoms with Gasteiger partial charge in [0, 0.05) is 42.7 Å². The number of rotatable bonds is 7. The first kappa shape index (κ1) is 34.0. The molecule has 0 aliphatic heterocycles. The molecule has 272 valence electrons. The van der Waals surface area contributed by atoms with Crippen LogP contribution in [0.5, 0.6) is 0 Å². The highest BCUT2D eigenvalue weighted by Crippen LogP contribution is 2.46. The molecular formula is C56H37NS. The first-order valence-electron chi connectivity index (χ1n) is 19.8. The van der Waals surface area contributed by atoms with Gasteiger partial charge in [-0.05, 0) is 97.4 Å². The zero-order valence-electron chi connectivity index (χ0n) is 31.7. The van der Waals surface area contributed by atoms with Crippen LogP contribution in [0.2, 0.25) is 0 Å². The standard InChI is InChI=1S/C56H37NS/c1-2-15-42-37-43(28-27-38(42)13-1)49-19-6-5-18-47(49)40-29-33-44(34-30-40)57(45-35-31-41(32-36-45)48-22-11-16-39-14-3-4-17-46(39)48)54-25-9-7-20-50(54)52-23-12-24-53-51-21-8-10-26-55(51)58-56(52)53/h1-37H. The van der Waals surface area contributed by atoms with Gasteiger partial charge in [0.05, 0.1) is 5.69 Å². The number of hydrogen-bond acceptors (Lipinski definition) is 2. The maximum atomic E-state index is 2.42. The van der Waals surface area contributed by atoms with Crippen molar-refractivity contribution in [1.29, 1.82) is 0 Å². The lowest BCUT2D eigenvalue weighted by Gasteiger charge is -2.28. The Morgan fingerprint density at radius 3 is 1.57 bits per heavy atom. The van der Waals surface area contributed by atoms with Gasteiger partial charge in [-0.2, -0.15) is 0 Å². The topological polar surface area (TPSA) is 3.24 Å². The Labute approximate surface area is 342 Å². The van der Waals surface area contributed by atoms with Crippen molar-refractivity contribution in [2.24, 2.45) is 0 Å². The molecule has 0 fully saturated rings. The number of hydrogen-bond donors (Lipinski definition) is 0. The van der Waals surface area contributed by atoms with E-state index in [0.717, 1.165) is 17.1 Å². The summed E-state index contributed by atoms with van der Waals surface area (Å²) in [4.78, 5) is 2.42. The summed E-state index contributed by atoms with van der Waals surface area (Å²) >= 11 is 1.88. The van der Waals surface area contributed by atoms with Crippen LogP contribution in [-0.2, 0) is 0 Å². The molecule has 0 radical (unpaired) electrons. The Morgan fingerprint density at radius 1 is 0.293 bits per heavy atom. The summed E-state index contributed by atoms with van der Waals surface area (Å²) in [6.45, 7) is 0. The fraction of sp³-hybridized carbons (Fsp3) is 0. The third-order valence-electron chi connectivity index (χ3n) is 11.5. The quantitative estimate of drug-likeness (QED) is 0.157. The highest BCUT2D eigenvalue weighted by Gasteiger charge is 2.20. The molecule has 0 amide bonds. The molecule has 58 heavy (non-hydrogen) atoms. The summed E-state index contributed by atoms with van der Waals surface area (Å²) in [6.07, 6.45) is 0. The molecule has 1 aromatic heterocycles. The van der Waals surface area contributed by atoms with Gasteiger partial charge in [-0.1, -0.05) is 182 Å². The lowest BCUT2D eigenvalue weighted by molar-refractivity contribution is 1.28. The molecule has 0 spiro atoms. The average molecular weight is 756 g/mol. The maximum absolute atomic E-state index is 2.42. The number of anilines is 3. The van der Waals surface area contributed by atoms with Crippen LogP contribution in [0.25, 0.3) is 86.2 Å². The fourth-order valence-electron chi connectivity index (χ4n) is 8.68. The van der Waals surface area contributed by atoms with Gasteiger partial charge in [-0.3, -0.25) is 0 Å². The molecule has 0 unspecified atom stereocenters. The largest absolute Gasteiger partial charge is 0.310 e. The first-order chi connectivity index (χ1) is 28.8. The molecule has 1 nitrogen and oxygen atoms in total. The van der Waals surface area contributed by atoms with Crippen LogP contribution in [0.15, 0.2) is 224 Å². The third-order valence-corrected chi connectivity index (χ3v) is 12.7. The van der Waals surface area contributed by atoms with E-state index < -0.39 is 0 Å². The Bertz CT molecular complexity index is 3280. The van der Waals surface area contributed by atoms with E-state index in [1.807, 2.05) is 11.3 Å². The van der Waals surface area contributed by atoms with Crippen molar-refractivity contribution in [2.45, 2.75) is 0 Å². The van der Waals surface area contributed by atoms with Gasteiger partial charge in [0.1, 0.15) is 0 Å². The number of nitrogens with zero attached hydrogens (tertiary/aromatic N) is 1. The van der Waals surface area contributed by atoms with Gasteiger partial charge in [0.15, 0.2) is 0 Å². The van der Waals surface area contributed by atoms with Crippen LogP contribution in [-0.4, -0.2) is 0 Å². The zero-order chi connectivity index (χ0) is 38.4. The van der Waals surface area contributed by atoms with Gasteiger partial charge >= 0.3 is 0 Å². The summed E-state index contributed by atoms with van der Waals surface area (Å²) < 4.78 is 2.62. The highest BCUT2D eigenvalue weighted by molar-refractivity contribution is 7.26. The van der Waals surface area contributed by atoms with Crippen molar-refractivity contribution in [3.05, 3.63) is 224 Å². The van der Waals surface area contributed by atoms with Crippen molar-refractivity contribution in [1.82, 2.24) is 0 Å². The van der Waals surface area contributed by atoms with Crippen LogP contribution < -0.4 is 4.90 Å². The number of thiophene rings is 1. The molecule has 0 atom stereocenters. The molecule has 2 heteroatoms. The molecule has 10 aromatic carbocycles. The van der Waals surface area contributed by atoms with E-state index >= 15 is 0 Å². The average Bonchev–Trinajstić information content (AvgIpc) is 3.69. The van der Waals surface area contributed by atoms with Gasteiger partial charge in [-0.25, -0.2) is 0 Å². The monoisotopic (exact) mass is 755 g/mol. The second-order valence-corrected chi connectivity index (χ2v) is 15.9. The predicted molar refractivity (Wildman–Crippen MR) is 251 cm³/mol. The Balaban J connectivity index is 1.05. The van der Waals surface area contributed by atoms with Crippen molar-refractivity contribution in [3.8, 4) is 44.5 Å². The van der Waals surface area contributed by atoms with E-state index in [2.05, 4.69) is 229 Å². The van der Waals surface area contributed by atoms with Crippen LogP contribution in [0.4, 0.5) is 17.1 Å². The molecule has 11 aromatic rings. The summed E-state index contributed by atoms with van der Waals surface area (Å²) in [5.41, 5.74) is 13.1. The van der Waals surface area contributed by atoms with E-state index in [9.17, 15) is 0 Å². The lowest BCUT2D eigenvalue weighted by atomic mass is 9.93. The van der Waals surface area contributed by atoms with E-state index in [4.69, 9.17) is 0 Å². The first-order valence-corrected chi connectivity index (χ1v) is 20.7. The summed E-state index contributed by atoms with van der Waals surface area (Å²) in [6, 6.07) is 81.9. The van der Waals surface area contributed by atoms with Gasteiger partial charge in [0.2, 0.25) is 0 Å². The van der Waals surface area contributed by atoms with Gasteiger partial charge < -0.3 is 4.90 Å². The van der Waals surface area contributed by atoms with Gasteiger partial charge in [-0.15, -0.1) is 11.3 Å². The minimum absolute atomic E-state index is 1.10. The van der Waals surface area contributed by atoms with Crippen LogP contribution in [0, 0.1) is 0 Å². The molecule has 1 heterocycles. The summed E-state index contributed by atoms with van der Waals surface area (Å²) in [7, 11) is 0. The Morgan fingerprint density at radius 2 is 0.793 bits per heavy atom. The van der Waals surface area contributed by atoms with E-state index in [0.29, 0.717) is 0 Å². The molecule has 0 aliphatic rings. The smallest absolute Gasteiger partial charge is 0.0540 e. The maximum Gasteiger partial charge on any atom is 0.0540 e. The van der Waals surface area contributed by atoms with E-state index in [-0.39, 0.29) is 0 Å². The Hall–Kier alpha value is -7.26. The number of fused-ring (bicyclic) bond motifs is 5. The lowest BCUT2D eigenvalue weighted by Crippen LogP contribution is -2.11. The number of para-hydroxylation sites is 1. The molecule has 0 saturated heterocycles. The minimum atomic E-state index is 1.10. The summed E-state index contributed by atoms with van der Waals surface area (Å²) in [5, 5.41) is 7.61. The second-order valence-electron chi connectivity index (χ2n) is 14.9. The predicted octanol–water partition coefficient (Wildman–Crippen LogP) is 16.5. The molecule has 0 aliphatic carbocycles. The van der Waals surface area contributed by atoms with Crippen LogP contribution >= 0.6 is 11.3 Å². The third kappa shape index (κ3) is 5.94. The van der Waals surface area contributed by atoms with E-state index in [1.165, 1.54) is 86.2 Å². The number of benzene rings is 10. The molecule has 0 saturated carbocycles. The zero-order valence-corrected chi connectivity index (χ0v) is 32.5. The highest BCUT2D eigenvalue weighted by atomic mass is 32.1. The molecule has 0 N–H and O–H groups in total. The normalized spacial score (nSPS) is 11.4. The van der Waals surface area contributed by atoms with E-state index in [1.54, 1.807) is 0 Å². The molecule has 0 bridgehead atoms. The molecular weight excluding hydrogens is 719 g/mol. The van der Waals surface area contributed by atoms with Gasteiger partial charge in [0.25, 0.3) is 0 Å². The van der Waals surface area contributed by atoms with Crippen molar-refractivity contribution >= 4 is 70.1 Å². The Kier molecular flexibility index (Phi) is 8.42. The molecule has 11 rings (SSSR count). The van der Waals surface area contributed by atoms with Crippen molar-refractivity contribution in [3.63, 3.8) is 0 Å². The minimum Gasteiger partial charge on any atom is -0.310 e. The second kappa shape index (κ2) is 14.4. The fourth-order valence-corrected chi connectivity index (χ4v) is 9.91. The van der Waals surface area contributed by atoms with Crippen molar-refractivity contribution in [2.75, 3.05) is 4.90 Å². The summed E-state index contributed by atoms with van der Waals surface area (Å²) in [5.74, 6) is 0.